The second kappa shape index (κ2) is 6.44. The summed E-state index contributed by atoms with van der Waals surface area (Å²) in [5.74, 6) is 0. The number of thiocarbonyl (C=S) groups is 1. The lowest BCUT2D eigenvalue weighted by atomic mass is 10.2. The summed E-state index contributed by atoms with van der Waals surface area (Å²) in [6.45, 7) is 2.41. The highest BCUT2D eigenvalue weighted by Crippen LogP contribution is 2.29. The van der Waals surface area contributed by atoms with Crippen molar-refractivity contribution >= 4 is 28.4 Å². The third-order valence-corrected chi connectivity index (χ3v) is 3.03. The molecular weight excluding hydrogens is 226 g/mol. The molecule has 15 heavy (non-hydrogen) atoms. The quantitative estimate of drug-likeness (QED) is 0.755. The van der Waals surface area contributed by atoms with Crippen LogP contribution in [0.15, 0.2) is 30.3 Å². The zero-order valence-electron chi connectivity index (χ0n) is 8.34. The average molecular weight is 237 g/mol. The molecule has 1 atom stereocenters. The molecule has 0 N–H and O–H groups in total. The van der Waals surface area contributed by atoms with E-state index in [2.05, 4.69) is 6.07 Å². The second-order valence-electron chi connectivity index (χ2n) is 2.72. The molecule has 4 heteroatoms. The Balaban J connectivity index is 2.66. The molecule has 0 spiro atoms. The van der Waals surface area contributed by atoms with Gasteiger partial charge in [-0.25, -0.2) is 0 Å². The van der Waals surface area contributed by atoms with Gasteiger partial charge in [0, 0.05) is 0 Å². The lowest BCUT2D eigenvalue weighted by Crippen LogP contribution is -2.00. The maximum Gasteiger partial charge on any atom is 0.221 e. The number of ether oxygens (including phenoxy) is 1. The topological polar surface area (TPSA) is 33.0 Å². The molecule has 0 amide bonds. The maximum absolute atomic E-state index is 9.01. The molecule has 0 aliphatic rings. The van der Waals surface area contributed by atoms with Gasteiger partial charge < -0.3 is 4.74 Å². The number of hydrogen-bond acceptors (Lipinski definition) is 4. The number of rotatable bonds is 3. The van der Waals surface area contributed by atoms with Gasteiger partial charge in [-0.2, -0.15) is 5.26 Å². The Morgan fingerprint density at radius 3 is 2.73 bits per heavy atom. The Labute approximate surface area is 99.2 Å². The second-order valence-corrected chi connectivity index (χ2v) is 4.43. The lowest BCUT2D eigenvalue weighted by Gasteiger charge is -2.09. The van der Waals surface area contributed by atoms with Gasteiger partial charge in [0.2, 0.25) is 4.38 Å². The zero-order valence-corrected chi connectivity index (χ0v) is 9.98. The van der Waals surface area contributed by atoms with E-state index in [-0.39, 0.29) is 5.25 Å². The van der Waals surface area contributed by atoms with Crippen LogP contribution < -0.4 is 0 Å². The first-order valence-corrected chi connectivity index (χ1v) is 5.84. The molecule has 0 aliphatic carbocycles. The molecule has 1 unspecified atom stereocenters. The predicted molar refractivity (Wildman–Crippen MR) is 66.6 cm³/mol. The Morgan fingerprint density at radius 1 is 1.53 bits per heavy atom. The van der Waals surface area contributed by atoms with Crippen LogP contribution in [0.2, 0.25) is 0 Å². The standard InChI is InChI=1S/C11H11NOS2/c1-2-13-11(14)15-10(8-12)9-6-4-3-5-7-9/h3-7,10H,2H2,1H3. The summed E-state index contributed by atoms with van der Waals surface area (Å²) in [5, 5.41) is 8.72. The summed E-state index contributed by atoms with van der Waals surface area (Å²) in [6, 6.07) is 11.8. The van der Waals surface area contributed by atoms with Crippen molar-refractivity contribution < 1.29 is 4.74 Å². The molecule has 0 bridgehead atoms. The van der Waals surface area contributed by atoms with Crippen LogP contribution in [0.25, 0.3) is 0 Å². The minimum Gasteiger partial charge on any atom is -0.479 e. The molecule has 0 saturated heterocycles. The summed E-state index contributed by atoms with van der Waals surface area (Å²) in [4.78, 5) is 0. The van der Waals surface area contributed by atoms with Crippen LogP contribution in [0.1, 0.15) is 17.7 Å². The van der Waals surface area contributed by atoms with Gasteiger partial charge in [-0.15, -0.1) is 0 Å². The number of hydrogen-bond donors (Lipinski definition) is 0. The Hall–Kier alpha value is -1.05. The van der Waals surface area contributed by atoms with Gasteiger partial charge in [0.15, 0.2) is 0 Å². The summed E-state index contributed by atoms with van der Waals surface area (Å²) in [6.07, 6.45) is 0. The molecule has 2 nitrogen and oxygen atoms in total. The van der Waals surface area contributed by atoms with E-state index in [4.69, 9.17) is 22.2 Å². The van der Waals surface area contributed by atoms with E-state index in [0.29, 0.717) is 11.0 Å². The molecule has 1 aromatic carbocycles. The molecule has 0 radical (unpaired) electrons. The van der Waals surface area contributed by atoms with Gasteiger partial charge in [0.25, 0.3) is 0 Å². The first-order chi connectivity index (χ1) is 7.27. The van der Waals surface area contributed by atoms with Crippen molar-refractivity contribution in [2.75, 3.05) is 6.61 Å². The number of thioether (sulfide) groups is 1. The van der Waals surface area contributed by atoms with Gasteiger partial charge >= 0.3 is 0 Å². The van der Waals surface area contributed by atoms with Crippen molar-refractivity contribution in [2.24, 2.45) is 0 Å². The van der Waals surface area contributed by atoms with Crippen LogP contribution in [0.4, 0.5) is 0 Å². The molecule has 1 aromatic rings. The SMILES string of the molecule is CCOC(=S)SC(C#N)c1ccccc1. The average Bonchev–Trinajstić information content (AvgIpc) is 2.27. The Kier molecular flexibility index (Phi) is 5.16. The van der Waals surface area contributed by atoms with Crippen molar-refractivity contribution in [3.05, 3.63) is 35.9 Å². The first-order valence-electron chi connectivity index (χ1n) is 4.56. The van der Waals surface area contributed by atoms with E-state index in [9.17, 15) is 0 Å². The molecule has 0 heterocycles. The number of benzene rings is 1. The fourth-order valence-electron chi connectivity index (χ4n) is 1.04. The molecule has 1 rings (SSSR count). The van der Waals surface area contributed by atoms with E-state index in [0.717, 1.165) is 5.56 Å². The minimum atomic E-state index is -0.287. The van der Waals surface area contributed by atoms with Crippen LogP contribution in [0, 0.1) is 11.3 Å². The molecule has 0 aromatic heterocycles. The van der Waals surface area contributed by atoms with Gasteiger partial charge in [0.05, 0.1) is 12.7 Å². The summed E-state index contributed by atoms with van der Waals surface area (Å²) in [7, 11) is 0. The highest BCUT2D eigenvalue weighted by atomic mass is 32.2. The number of nitriles is 1. The molecule has 0 aliphatic heterocycles. The van der Waals surface area contributed by atoms with Crippen molar-refractivity contribution in [3.63, 3.8) is 0 Å². The lowest BCUT2D eigenvalue weighted by molar-refractivity contribution is 0.346. The fourth-order valence-corrected chi connectivity index (χ4v) is 2.18. The van der Waals surface area contributed by atoms with Gasteiger partial charge in [-0.3, -0.25) is 0 Å². The van der Waals surface area contributed by atoms with Gasteiger partial charge in [-0.05, 0) is 24.7 Å². The summed E-state index contributed by atoms with van der Waals surface area (Å²) in [5.41, 5.74) is 0.951. The summed E-state index contributed by atoms with van der Waals surface area (Å²) < 4.78 is 5.56. The van der Waals surface area contributed by atoms with Crippen LogP contribution >= 0.6 is 24.0 Å². The minimum absolute atomic E-state index is 0.287. The summed E-state index contributed by atoms with van der Waals surface area (Å²) >= 11 is 6.26. The predicted octanol–water partition coefficient (Wildman–Crippen LogP) is 3.31. The van der Waals surface area contributed by atoms with Gasteiger partial charge in [-0.1, -0.05) is 42.1 Å². The Bertz CT molecular complexity index is 359. The highest BCUT2D eigenvalue weighted by molar-refractivity contribution is 8.22. The first kappa shape index (κ1) is 12.0. The third-order valence-electron chi connectivity index (χ3n) is 1.70. The van der Waals surface area contributed by atoms with Crippen molar-refractivity contribution in [3.8, 4) is 6.07 Å². The zero-order chi connectivity index (χ0) is 11.1. The van der Waals surface area contributed by atoms with Crippen LogP contribution in [0.3, 0.4) is 0 Å². The van der Waals surface area contributed by atoms with E-state index < -0.39 is 0 Å². The third kappa shape index (κ3) is 3.90. The molecule has 78 valence electrons. The molecular formula is C11H11NOS2. The van der Waals surface area contributed by atoms with Crippen LogP contribution in [-0.2, 0) is 4.74 Å². The monoisotopic (exact) mass is 237 g/mol. The Morgan fingerprint density at radius 2 is 2.20 bits per heavy atom. The number of nitrogens with zero attached hydrogens (tertiary/aromatic N) is 1. The smallest absolute Gasteiger partial charge is 0.221 e. The van der Waals surface area contributed by atoms with E-state index in [1.165, 1.54) is 11.8 Å². The van der Waals surface area contributed by atoms with E-state index >= 15 is 0 Å². The van der Waals surface area contributed by atoms with Crippen molar-refractivity contribution in [1.29, 1.82) is 5.26 Å². The van der Waals surface area contributed by atoms with Crippen molar-refractivity contribution in [2.45, 2.75) is 12.2 Å². The normalized spacial score (nSPS) is 11.5. The largest absolute Gasteiger partial charge is 0.479 e. The van der Waals surface area contributed by atoms with E-state index in [1.54, 1.807) is 0 Å². The van der Waals surface area contributed by atoms with Gasteiger partial charge in [0.1, 0.15) is 5.25 Å². The van der Waals surface area contributed by atoms with E-state index in [1.807, 2.05) is 37.3 Å². The fraction of sp³-hybridized carbons (Fsp3) is 0.273. The van der Waals surface area contributed by atoms with Crippen molar-refractivity contribution in [1.82, 2.24) is 0 Å². The van der Waals surface area contributed by atoms with Crippen LogP contribution in [-0.4, -0.2) is 11.0 Å². The molecule has 0 saturated carbocycles. The molecule has 0 fully saturated rings. The van der Waals surface area contributed by atoms with Crippen LogP contribution in [0.5, 0.6) is 0 Å². The maximum atomic E-state index is 9.01. The highest BCUT2D eigenvalue weighted by Gasteiger charge is 2.13.